The van der Waals surface area contributed by atoms with Crippen molar-refractivity contribution >= 4 is 23.4 Å². The third-order valence-electron chi connectivity index (χ3n) is 5.33. The summed E-state index contributed by atoms with van der Waals surface area (Å²) in [5.74, 6) is 0.286. The lowest BCUT2D eigenvalue weighted by Gasteiger charge is -2.31. The first kappa shape index (κ1) is 24.7. The lowest BCUT2D eigenvalue weighted by molar-refractivity contribution is -0.143. The van der Waals surface area contributed by atoms with Crippen LogP contribution in [0.25, 0.3) is 0 Å². The molecule has 31 heavy (non-hydrogen) atoms. The van der Waals surface area contributed by atoms with Crippen molar-refractivity contribution in [1.29, 1.82) is 0 Å². The molecule has 2 aromatic carbocycles. The molecule has 0 bridgehead atoms. The number of hydrogen-bond donors (Lipinski definition) is 1. The quantitative estimate of drug-likeness (QED) is 0.557. The van der Waals surface area contributed by atoms with Gasteiger partial charge in [0.25, 0.3) is 5.91 Å². The summed E-state index contributed by atoms with van der Waals surface area (Å²) in [5, 5.41) is 3.63. The van der Waals surface area contributed by atoms with E-state index in [0.717, 1.165) is 23.1 Å². The van der Waals surface area contributed by atoms with Gasteiger partial charge in [-0.25, -0.2) is 0 Å². The average Bonchev–Trinajstić information content (AvgIpc) is 2.74. The van der Waals surface area contributed by atoms with Crippen molar-refractivity contribution < 1.29 is 14.3 Å². The largest absolute Gasteiger partial charge is 0.483 e. The predicted octanol–water partition coefficient (Wildman–Crippen LogP) is 5.06. The molecular formula is C25H33ClN2O3. The van der Waals surface area contributed by atoms with Crippen LogP contribution in [0.15, 0.2) is 42.5 Å². The number of carbonyl (C=O) groups is 2. The number of amides is 2. The van der Waals surface area contributed by atoms with E-state index in [1.165, 1.54) is 0 Å². The van der Waals surface area contributed by atoms with Crippen LogP contribution >= 0.6 is 11.6 Å². The van der Waals surface area contributed by atoms with Gasteiger partial charge in [-0.2, -0.15) is 0 Å². The van der Waals surface area contributed by atoms with E-state index in [9.17, 15) is 9.59 Å². The molecule has 168 valence electrons. The second kappa shape index (κ2) is 11.8. The van der Waals surface area contributed by atoms with Gasteiger partial charge in [0.2, 0.25) is 5.91 Å². The molecule has 2 amide bonds. The van der Waals surface area contributed by atoms with Crippen LogP contribution in [-0.4, -0.2) is 35.4 Å². The van der Waals surface area contributed by atoms with Gasteiger partial charge in [-0.3, -0.25) is 9.59 Å². The number of benzene rings is 2. The zero-order valence-corrected chi connectivity index (χ0v) is 19.8. The summed E-state index contributed by atoms with van der Waals surface area (Å²) < 4.78 is 5.82. The molecule has 1 N–H and O–H groups in total. The number of nitrogens with zero attached hydrogens (tertiary/aromatic N) is 1. The number of carbonyl (C=O) groups excluding carboxylic acids is 2. The highest BCUT2D eigenvalue weighted by Gasteiger charge is 2.29. The summed E-state index contributed by atoms with van der Waals surface area (Å²) in [6, 6.07) is 12.6. The topological polar surface area (TPSA) is 58.6 Å². The highest BCUT2D eigenvalue weighted by Crippen LogP contribution is 2.20. The monoisotopic (exact) mass is 444 g/mol. The Morgan fingerprint density at radius 1 is 1.06 bits per heavy atom. The molecular weight excluding hydrogens is 412 g/mol. The standard InChI is InChI=1S/C25H33ClN2O3/c1-6-19(5)27-25(30)22(7-2)28(15-20-9-11-21(26)12-10-20)24(29)16-31-23-13-8-17(3)14-18(23)4/h8-14,19,22H,6-7,15-16H2,1-5H3,(H,27,30). The van der Waals surface area contributed by atoms with Gasteiger partial charge in [-0.1, -0.05) is 55.3 Å². The third kappa shape index (κ3) is 7.28. The zero-order valence-electron chi connectivity index (χ0n) is 19.1. The van der Waals surface area contributed by atoms with E-state index in [2.05, 4.69) is 5.32 Å². The summed E-state index contributed by atoms with van der Waals surface area (Å²) in [7, 11) is 0. The van der Waals surface area contributed by atoms with Gasteiger partial charge in [0.1, 0.15) is 11.8 Å². The summed E-state index contributed by atoms with van der Waals surface area (Å²) >= 11 is 6.00. The van der Waals surface area contributed by atoms with Gasteiger partial charge in [0, 0.05) is 17.6 Å². The van der Waals surface area contributed by atoms with Gasteiger partial charge < -0.3 is 15.0 Å². The summed E-state index contributed by atoms with van der Waals surface area (Å²) in [4.78, 5) is 27.8. The molecule has 0 aliphatic rings. The van der Waals surface area contributed by atoms with Crippen molar-refractivity contribution in [2.75, 3.05) is 6.61 Å². The van der Waals surface area contributed by atoms with E-state index >= 15 is 0 Å². The Morgan fingerprint density at radius 2 is 1.74 bits per heavy atom. The van der Waals surface area contributed by atoms with E-state index in [1.807, 2.05) is 65.0 Å². The number of hydrogen-bond acceptors (Lipinski definition) is 3. The zero-order chi connectivity index (χ0) is 23.0. The molecule has 0 fully saturated rings. The first-order valence-corrected chi connectivity index (χ1v) is 11.2. The van der Waals surface area contributed by atoms with Crippen molar-refractivity contribution in [2.24, 2.45) is 0 Å². The van der Waals surface area contributed by atoms with E-state index in [1.54, 1.807) is 17.0 Å². The SMILES string of the molecule is CCC(C)NC(=O)C(CC)N(Cc1ccc(Cl)cc1)C(=O)COc1ccc(C)cc1C. The van der Waals surface area contributed by atoms with Crippen LogP contribution in [-0.2, 0) is 16.1 Å². The van der Waals surface area contributed by atoms with Crippen molar-refractivity contribution in [2.45, 2.75) is 66.1 Å². The van der Waals surface area contributed by atoms with E-state index in [4.69, 9.17) is 16.3 Å². The Bertz CT molecular complexity index is 883. The van der Waals surface area contributed by atoms with Crippen molar-refractivity contribution in [3.8, 4) is 5.75 Å². The Kier molecular flexibility index (Phi) is 9.38. The maximum absolute atomic E-state index is 13.2. The van der Waals surface area contributed by atoms with E-state index in [0.29, 0.717) is 23.7 Å². The Balaban J connectivity index is 2.22. The first-order chi connectivity index (χ1) is 14.7. The molecule has 0 radical (unpaired) electrons. The number of rotatable bonds is 10. The van der Waals surface area contributed by atoms with Crippen molar-refractivity contribution in [3.05, 3.63) is 64.2 Å². The lowest BCUT2D eigenvalue weighted by Crippen LogP contribution is -2.51. The number of nitrogens with one attached hydrogen (secondary N) is 1. The van der Waals surface area contributed by atoms with Crippen molar-refractivity contribution in [1.82, 2.24) is 10.2 Å². The van der Waals surface area contributed by atoms with Crippen LogP contribution in [0.5, 0.6) is 5.75 Å². The highest BCUT2D eigenvalue weighted by molar-refractivity contribution is 6.30. The maximum atomic E-state index is 13.2. The van der Waals surface area contributed by atoms with Crippen LogP contribution in [0.2, 0.25) is 5.02 Å². The van der Waals surface area contributed by atoms with Crippen LogP contribution in [0, 0.1) is 13.8 Å². The molecule has 5 nitrogen and oxygen atoms in total. The van der Waals surface area contributed by atoms with E-state index in [-0.39, 0.29) is 24.5 Å². The number of ether oxygens (including phenoxy) is 1. The molecule has 2 rings (SSSR count). The van der Waals surface area contributed by atoms with Gasteiger partial charge >= 0.3 is 0 Å². The van der Waals surface area contributed by atoms with Gasteiger partial charge in [-0.15, -0.1) is 0 Å². The Hall–Kier alpha value is -2.53. The second-order valence-electron chi connectivity index (χ2n) is 7.95. The number of aryl methyl sites for hydroxylation is 2. The fraction of sp³-hybridized carbons (Fsp3) is 0.440. The van der Waals surface area contributed by atoms with Gasteiger partial charge in [0.15, 0.2) is 6.61 Å². The molecule has 0 spiro atoms. The normalized spacial score (nSPS) is 12.7. The fourth-order valence-electron chi connectivity index (χ4n) is 3.33. The van der Waals surface area contributed by atoms with Crippen LogP contribution < -0.4 is 10.1 Å². The second-order valence-corrected chi connectivity index (χ2v) is 8.38. The third-order valence-corrected chi connectivity index (χ3v) is 5.59. The molecule has 0 aliphatic carbocycles. The Labute approximate surface area is 190 Å². The van der Waals surface area contributed by atoms with Gasteiger partial charge in [0.05, 0.1) is 0 Å². The molecule has 0 aliphatic heterocycles. The summed E-state index contributed by atoms with van der Waals surface area (Å²) in [6.07, 6.45) is 1.33. The molecule has 0 saturated carbocycles. The molecule has 0 aromatic heterocycles. The molecule has 0 saturated heterocycles. The van der Waals surface area contributed by atoms with Crippen LogP contribution in [0.4, 0.5) is 0 Å². The average molecular weight is 445 g/mol. The van der Waals surface area contributed by atoms with Crippen LogP contribution in [0.1, 0.15) is 50.3 Å². The lowest BCUT2D eigenvalue weighted by atomic mass is 10.1. The highest BCUT2D eigenvalue weighted by atomic mass is 35.5. The predicted molar refractivity (Wildman–Crippen MR) is 125 cm³/mol. The molecule has 2 atom stereocenters. The molecule has 6 heteroatoms. The van der Waals surface area contributed by atoms with E-state index < -0.39 is 6.04 Å². The van der Waals surface area contributed by atoms with Gasteiger partial charge in [-0.05, 0) is 62.9 Å². The van der Waals surface area contributed by atoms with Crippen molar-refractivity contribution in [3.63, 3.8) is 0 Å². The smallest absolute Gasteiger partial charge is 0.261 e. The van der Waals surface area contributed by atoms with Crippen LogP contribution in [0.3, 0.4) is 0 Å². The molecule has 2 unspecified atom stereocenters. The minimum absolute atomic E-state index is 0.0421. The minimum Gasteiger partial charge on any atom is -0.483 e. The summed E-state index contributed by atoms with van der Waals surface area (Å²) in [6.45, 7) is 10.0. The summed E-state index contributed by atoms with van der Waals surface area (Å²) in [5.41, 5.74) is 3.01. The molecule has 2 aromatic rings. The maximum Gasteiger partial charge on any atom is 0.261 e. The first-order valence-electron chi connectivity index (χ1n) is 10.8. The minimum atomic E-state index is -0.583. The Morgan fingerprint density at radius 3 is 2.32 bits per heavy atom. The molecule has 0 heterocycles. The number of halogens is 1. The fourth-order valence-corrected chi connectivity index (χ4v) is 3.46.